The van der Waals surface area contributed by atoms with Crippen LogP contribution in [-0.4, -0.2) is 27.1 Å². The number of Topliss-reactive ketones (excluding diaryl/α,β-unsaturated/α-hetero) is 1. The van der Waals surface area contributed by atoms with Gasteiger partial charge in [0.05, 0.1) is 11.3 Å². The third-order valence-electron chi connectivity index (χ3n) is 3.99. The molecule has 1 rings (SSSR count). The molecule has 0 saturated heterocycles. The normalized spacial score (nSPS) is 11.4. The van der Waals surface area contributed by atoms with Gasteiger partial charge in [-0.3, -0.25) is 14.3 Å². The predicted molar refractivity (Wildman–Crippen MR) is 114 cm³/mol. The van der Waals surface area contributed by atoms with E-state index in [-0.39, 0.29) is 17.8 Å². The van der Waals surface area contributed by atoms with Gasteiger partial charge in [0, 0.05) is 13.2 Å². The number of ketones is 1. The summed E-state index contributed by atoms with van der Waals surface area (Å²) >= 11 is 0. The Kier molecular flexibility index (Phi) is 17.8. The van der Waals surface area contributed by atoms with Crippen LogP contribution in [0.5, 0.6) is 0 Å². The van der Waals surface area contributed by atoms with Crippen molar-refractivity contribution in [2.75, 3.05) is 0 Å². The van der Waals surface area contributed by atoms with E-state index in [9.17, 15) is 4.79 Å². The highest BCUT2D eigenvalue weighted by Crippen LogP contribution is 2.22. The van der Waals surface area contributed by atoms with Crippen LogP contribution in [-0.2, 0) is 16.6 Å². The molecule has 0 radical (unpaired) electrons. The molecule has 6 nitrogen and oxygen atoms in total. The Labute approximate surface area is 170 Å². The smallest absolute Gasteiger partial charge is 0.290 e. The maximum Gasteiger partial charge on any atom is 0.290 e. The number of allylic oxidation sites excluding steroid dienone is 1. The van der Waals surface area contributed by atoms with Crippen molar-refractivity contribution < 1.29 is 14.7 Å². The Morgan fingerprint density at radius 3 is 2.29 bits per heavy atom. The van der Waals surface area contributed by atoms with Crippen molar-refractivity contribution in [2.24, 2.45) is 18.9 Å². The Morgan fingerprint density at radius 2 is 1.93 bits per heavy atom. The zero-order valence-corrected chi connectivity index (χ0v) is 18.3. The van der Waals surface area contributed by atoms with E-state index in [1.807, 2.05) is 6.07 Å². The first-order valence-corrected chi connectivity index (χ1v) is 9.95. The third kappa shape index (κ3) is 15.8. The summed E-state index contributed by atoms with van der Waals surface area (Å²) in [5.41, 5.74) is 0.743. The maximum atomic E-state index is 10.9. The van der Waals surface area contributed by atoms with Crippen molar-refractivity contribution >= 4 is 18.3 Å². The molecule has 0 aliphatic carbocycles. The molecule has 6 heteroatoms. The minimum absolute atomic E-state index is 0.124. The van der Waals surface area contributed by atoms with Gasteiger partial charge in [0.2, 0.25) is 0 Å². The average molecular weight is 392 g/mol. The quantitative estimate of drug-likeness (QED) is 0.352. The maximum absolute atomic E-state index is 10.9. The van der Waals surface area contributed by atoms with Crippen molar-refractivity contribution in [3.63, 3.8) is 0 Å². The minimum atomic E-state index is -0.250. The molecule has 0 bridgehead atoms. The summed E-state index contributed by atoms with van der Waals surface area (Å²) in [5, 5.41) is 19.5. The van der Waals surface area contributed by atoms with Crippen LogP contribution in [0.1, 0.15) is 78.8 Å². The number of carboxylic acid groups (broad SMARTS) is 1. The Bertz CT molecular complexity index is 613. The summed E-state index contributed by atoms with van der Waals surface area (Å²) in [6.07, 6.45) is 11.7. The van der Waals surface area contributed by atoms with Crippen LogP contribution in [0.3, 0.4) is 0 Å². The second-order valence-electron chi connectivity index (χ2n) is 7.17. The van der Waals surface area contributed by atoms with Gasteiger partial charge in [-0.05, 0) is 37.3 Å². The van der Waals surface area contributed by atoms with E-state index in [1.165, 1.54) is 51.5 Å². The molecule has 1 N–H and O–H groups in total. The second-order valence-corrected chi connectivity index (χ2v) is 7.17. The molecule has 1 atom stereocenters. The van der Waals surface area contributed by atoms with E-state index >= 15 is 0 Å². The largest absolute Gasteiger partial charge is 0.483 e. The van der Waals surface area contributed by atoms with Crippen molar-refractivity contribution in [1.29, 1.82) is 5.26 Å². The number of nitriles is 1. The highest BCUT2D eigenvalue weighted by molar-refractivity contribution is 6.01. The predicted octanol–water partition coefficient (Wildman–Crippen LogP) is 5.26. The van der Waals surface area contributed by atoms with E-state index < -0.39 is 0 Å². The van der Waals surface area contributed by atoms with E-state index in [0.29, 0.717) is 5.69 Å². The van der Waals surface area contributed by atoms with Gasteiger partial charge < -0.3 is 5.11 Å². The van der Waals surface area contributed by atoms with Gasteiger partial charge in [-0.15, -0.1) is 0 Å². The molecule has 1 aromatic heterocycles. The van der Waals surface area contributed by atoms with Crippen LogP contribution in [0.15, 0.2) is 17.8 Å². The zero-order valence-electron chi connectivity index (χ0n) is 18.3. The fraction of sp³-hybridized carbons (Fsp3) is 0.636. The molecule has 158 valence electrons. The van der Waals surface area contributed by atoms with Gasteiger partial charge in [0.15, 0.2) is 5.78 Å². The second kappa shape index (κ2) is 18.0. The van der Waals surface area contributed by atoms with Crippen LogP contribution >= 0.6 is 0 Å². The molecule has 0 aromatic carbocycles. The number of unbranched alkanes of at least 4 members (excludes halogenated alkanes) is 1. The molecule has 1 unspecified atom stereocenters. The summed E-state index contributed by atoms with van der Waals surface area (Å²) in [6.45, 7) is 10.4. The summed E-state index contributed by atoms with van der Waals surface area (Å²) in [7, 11) is 1.77. The summed E-state index contributed by atoms with van der Waals surface area (Å²) in [5.74, 6) is 1.65. The number of rotatable bonds is 9. The molecule has 1 heterocycles. The van der Waals surface area contributed by atoms with E-state index in [0.717, 1.165) is 11.8 Å². The lowest BCUT2D eigenvalue weighted by atomic mass is 9.89. The van der Waals surface area contributed by atoms with Crippen molar-refractivity contribution in [3.05, 3.63) is 23.5 Å². The van der Waals surface area contributed by atoms with Crippen molar-refractivity contribution in [1.82, 2.24) is 9.78 Å². The summed E-state index contributed by atoms with van der Waals surface area (Å²) < 4.78 is 1.61. The molecule has 0 amide bonds. The Morgan fingerprint density at radius 1 is 1.32 bits per heavy atom. The molecular formula is C22H37N3O3. The van der Waals surface area contributed by atoms with Crippen LogP contribution in [0.25, 0.3) is 6.08 Å². The van der Waals surface area contributed by atoms with Gasteiger partial charge >= 0.3 is 0 Å². The van der Waals surface area contributed by atoms with Gasteiger partial charge in [0.25, 0.3) is 6.47 Å². The third-order valence-corrected chi connectivity index (χ3v) is 3.99. The van der Waals surface area contributed by atoms with Crippen LogP contribution in [0.4, 0.5) is 0 Å². The first-order valence-electron chi connectivity index (χ1n) is 9.95. The topological polar surface area (TPSA) is 96.0 Å². The lowest BCUT2D eigenvalue weighted by Crippen LogP contribution is -2.04. The molecule has 28 heavy (non-hydrogen) atoms. The van der Waals surface area contributed by atoms with Gasteiger partial charge in [-0.25, -0.2) is 0 Å². The van der Waals surface area contributed by atoms with E-state index in [1.54, 1.807) is 24.0 Å². The SMILES string of the molecule is CC(=O)/C(C#N)=C/c1ccn(C)n1.CCCCC(CCC)CC(C)C.O=CO. The molecule has 0 spiro atoms. The van der Waals surface area contributed by atoms with Gasteiger partial charge in [0.1, 0.15) is 6.07 Å². The average Bonchev–Trinajstić information content (AvgIpc) is 3.03. The molecule has 0 saturated carbocycles. The van der Waals surface area contributed by atoms with E-state index in [2.05, 4.69) is 32.8 Å². The molecule has 1 aromatic rings. The monoisotopic (exact) mass is 391 g/mol. The number of aryl methyl sites for hydroxylation is 1. The fourth-order valence-corrected chi connectivity index (χ4v) is 2.82. The van der Waals surface area contributed by atoms with Crippen molar-refractivity contribution in [2.45, 2.75) is 73.1 Å². The first-order chi connectivity index (χ1) is 13.2. The molecular weight excluding hydrogens is 354 g/mol. The summed E-state index contributed by atoms with van der Waals surface area (Å²) in [4.78, 5) is 19.2. The van der Waals surface area contributed by atoms with Crippen molar-refractivity contribution in [3.8, 4) is 6.07 Å². The van der Waals surface area contributed by atoms with Gasteiger partial charge in [-0.2, -0.15) is 10.4 Å². The number of carbonyl (C=O) groups excluding carboxylic acids is 1. The van der Waals surface area contributed by atoms with Crippen LogP contribution in [0.2, 0.25) is 0 Å². The molecule has 0 fully saturated rings. The first kappa shape index (κ1) is 27.8. The number of nitrogens with zero attached hydrogens (tertiary/aromatic N) is 3. The van der Waals surface area contributed by atoms with E-state index in [4.69, 9.17) is 15.2 Å². The Balaban J connectivity index is 0. The molecule has 0 aliphatic rings. The van der Waals surface area contributed by atoms with Crippen LogP contribution in [0, 0.1) is 23.2 Å². The number of carbonyl (C=O) groups is 2. The lowest BCUT2D eigenvalue weighted by molar-refractivity contribution is -0.122. The number of hydrogen-bond donors (Lipinski definition) is 1. The van der Waals surface area contributed by atoms with Crippen LogP contribution < -0.4 is 0 Å². The lowest BCUT2D eigenvalue weighted by Gasteiger charge is -2.17. The number of aromatic nitrogens is 2. The zero-order chi connectivity index (χ0) is 21.9. The highest BCUT2D eigenvalue weighted by atomic mass is 16.3. The fourth-order valence-electron chi connectivity index (χ4n) is 2.82. The molecule has 0 aliphatic heterocycles. The minimum Gasteiger partial charge on any atom is -0.483 e. The standard InChI is InChI=1S/C12H26.C9H9N3O.CH2O2/c1-5-7-9-12(8-6-2)10-11(3)4;1-7(13)8(6-10)5-9-3-4-12(2)11-9;2-1-3/h11-12H,5-10H2,1-4H3;3-5H,1-2H3;1H,(H,2,3)/b;8-5+;. The number of hydrogen-bond acceptors (Lipinski definition) is 4. The summed E-state index contributed by atoms with van der Waals surface area (Å²) in [6, 6.07) is 3.56. The highest BCUT2D eigenvalue weighted by Gasteiger charge is 2.08. The Hall–Kier alpha value is -2.42. The van der Waals surface area contributed by atoms with Gasteiger partial charge in [-0.1, -0.05) is 59.8 Å².